The maximum Gasteiger partial charge on any atom is 0.328 e. The first kappa shape index (κ1) is 18.4. The van der Waals surface area contributed by atoms with Gasteiger partial charge in [0.05, 0.1) is 7.11 Å². The minimum Gasteiger partial charge on any atom is -0.467 e. The fourth-order valence-corrected chi connectivity index (χ4v) is 1.63. The summed E-state index contributed by atoms with van der Waals surface area (Å²) in [4.78, 5) is 35.2. The van der Waals surface area contributed by atoms with E-state index in [2.05, 4.69) is 10.1 Å². The molecule has 116 valence electrons. The average molecular weight is 287 g/mol. The molecule has 0 bridgehead atoms. The fraction of sp³-hybridized carbons (Fsp3) is 0.786. The van der Waals surface area contributed by atoms with Crippen molar-refractivity contribution in [2.24, 2.45) is 11.8 Å². The van der Waals surface area contributed by atoms with Crippen molar-refractivity contribution in [3.05, 3.63) is 0 Å². The minimum absolute atomic E-state index is 0.139. The second kappa shape index (κ2) is 7.26. The number of rotatable bonds is 6. The zero-order chi connectivity index (χ0) is 16.1. The molecule has 0 aliphatic rings. The number of nitrogens with one attached hydrogen (secondary N) is 1. The van der Waals surface area contributed by atoms with Crippen LogP contribution in [0.1, 0.15) is 41.5 Å². The van der Waals surface area contributed by atoms with E-state index in [0.717, 1.165) is 0 Å². The number of ether oxygens (including phenoxy) is 2. The maximum absolute atomic E-state index is 12.4. The summed E-state index contributed by atoms with van der Waals surface area (Å²) in [6.45, 7) is 9.90. The third kappa shape index (κ3) is 4.51. The molecule has 0 spiro atoms. The predicted octanol–water partition coefficient (Wildman–Crippen LogP) is 1.28. The van der Waals surface area contributed by atoms with Crippen LogP contribution in [0, 0.1) is 11.8 Å². The van der Waals surface area contributed by atoms with Crippen LogP contribution in [0.25, 0.3) is 0 Å². The van der Waals surface area contributed by atoms with E-state index in [1.807, 2.05) is 0 Å². The molecule has 0 saturated carbocycles. The second-order valence-corrected chi connectivity index (χ2v) is 5.57. The SMILES string of the molecule is COC(=O)[C@@H](NC(=O)[C@@](C)(OC(C)=O)C(C)C)C(C)C. The number of esters is 2. The van der Waals surface area contributed by atoms with Gasteiger partial charge in [-0.15, -0.1) is 0 Å². The molecule has 0 saturated heterocycles. The summed E-state index contributed by atoms with van der Waals surface area (Å²) in [6.07, 6.45) is 0. The van der Waals surface area contributed by atoms with E-state index < -0.39 is 29.5 Å². The Hall–Kier alpha value is -1.59. The van der Waals surface area contributed by atoms with E-state index in [-0.39, 0.29) is 11.8 Å². The Morgan fingerprint density at radius 3 is 1.90 bits per heavy atom. The van der Waals surface area contributed by atoms with Gasteiger partial charge in [-0.1, -0.05) is 27.7 Å². The van der Waals surface area contributed by atoms with Crippen LogP contribution >= 0.6 is 0 Å². The van der Waals surface area contributed by atoms with Gasteiger partial charge in [-0.2, -0.15) is 0 Å². The quantitative estimate of drug-likeness (QED) is 0.744. The summed E-state index contributed by atoms with van der Waals surface area (Å²) in [5.41, 5.74) is -1.33. The highest BCUT2D eigenvalue weighted by Crippen LogP contribution is 2.23. The van der Waals surface area contributed by atoms with E-state index in [1.54, 1.807) is 27.7 Å². The Labute approximate surface area is 120 Å². The lowest BCUT2D eigenvalue weighted by Gasteiger charge is -2.33. The number of carbonyl (C=O) groups is 3. The van der Waals surface area contributed by atoms with E-state index in [0.29, 0.717) is 0 Å². The Kier molecular flexibility index (Phi) is 6.68. The van der Waals surface area contributed by atoms with Crippen molar-refractivity contribution in [1.29, 1.82) is 0 Å². The summed E-state index contributed by atoms with van der Waals surface area (Å²) in [7, 11) is 1.26. The Balaban J connectivity index is 5.18. The van der Waals surface area contributed by atoms with Gasteiger partial charge < -0.3 is 14.8 Å². The number of amides is 1. The van der Waals surface area contributed by atoms with Gasteiger partial charge in [0.15, 0.2) is 5.60 Å². The smallest absolute Gasteiger partial charge is 0.328 e. The Bertz CT molecular complexity index is 378. The zero-order valence-electron chi connectivity index (χ0n) is 13.3. The standard InChI is InChI=1S/C14H25NO5/c1-8(2)11(12(17)19-7)15-13(18)14(6,9(3)4)20-10(5)16/h8-9,11H,1-7H3,(H,15,18)/t11-,14-/m0/s1. The van der Waals surface area contributed by atoms with Crippen LogP contribution in [-0.2, 0) is 23.9 Å². The van der Waals surface area contributed by atoms with Crippen molar-refractivity contribution in [3.8, 4) is 0 Å². The lowest BCUT2D eigenvalue weighted by Crippen LogP contribution is -2.56. The maximum atomic E-state index is 12.4. The molecule has 0 heterocycles. The molecule has 0 unspecified atom stereocenters. The topological polar surface area (TPSA) is 81.7 Å². The monoisotopic (exact) mass is 287 g/mol. The van der Waals surface area contributed by atoms with Gasteiger partial charge in [-0.25, -0.2) is 4.79 Å². The van der Waals surface area contributed by atoms with Crippen molar-refractivity contribution < 1.29 is 23.9 Å². The molecule has 0 fully saturated rings. The molecule has 0 radical (unpaired) electrons. The summed E-state index contributed by atoms with van der Waals surface area (Å²) < 4.78 is 9.82. The van der Waals surface area contributed by atoms with Crippen molar-refractivity contribution in [3.63, 3.8) is 0 Å². The highest BCUT2D eigenvalue weighted by molar-refractivity contribution is 5.91. The molecule has 0 aliphatic carbocycles. The van der Waals surface area contributed by atoms with E-state index >= 15 is 0 Å². The van der Waals surface area contributed by atoms with Crippen LogP contribution in [0.5, 0.6) is 0 Å². The summed E-state index contributed by atoms with van der Waals surface area (Å²) in [5.74, 6) is -1.96. The van der Waals surface area contributed by atoms with Crippen molar-refractivity contribution >= 4 is 17.8 Å². The van der Waals surface area contributed by atoms with Crippen molar-refractivity contribution in [2.75, 3.05) is 7.11 Å². The zero-order valence-corrected chi connectivity index (χ0v) is 13.3. The fourth-order valence-electron chi connectivity index (χ4n) is 1.63. The molecule has 0 aromatic heterocycles. The molecular formula is C14H25NO5. The van der Waals surface area contributed by atoms with E-state index in [4.69, 9.17) is 4.74 Å². The third-order valence-corrected chi connectivity index (χ3v) is 3.32. The van der Waals surface area contributed by atoms with Crippen molar-refractivity contribution in [2.45, 2.75) is 53.2 Å². The molecular weight excluding hydrogens is 262 g/mol. The van der Waals surface area contributed by atoms with Gasteiger partial charge >= 0.3 is 11.9 Å². The van der Waals surface area contributed by atoms with Crippen LogP contribution in [0.4, 0.5) is 0 Å². The van der Waals surface area contributed by atoms with Crippen LogP contribution in [0.3, 0.4) is 0 Å². The summed E-state index contributed by atoms with van der Waals surface area (Å²) >= 11 is 0. The van der Waals surface area contributed by atoms with Gasteiger partial charge in [0.25, 0.3) is 5.91 Å². The van der Waals surface area contributed by atoms with Crippen molar-refractivity contribution in [1.82, 2.24) is 5.32 Å². The molecule has 20 heavy (non-hydrogen) atoms. The number of carbonyl (C=O) groups excluding carboxylic acids is 3. The largest absolute Gasteiger partial charge is 0.467 e. The lowest BCUT2D eigenvalue weighted by atomic mass is 9.90. The average Bonchev–Trinajstić information content (AvgIpc) is 2.32. The van der Waals surface area contributed by atoms with Crippen LogP contribution in [-0.4, -0.2) is 36.6 Å². The van der Waals surface area contributed by atoms with Crippen LogP contribution in [0.2, 0.25) is 0 Å². The Morgan fingerprint density at radius 2 is 1.60 bits per heavy atom. The van der Waals surface area contributed by atoms with Gasteiger partial charge in [0.2, 0.25) is 0 Å². The second-order valence-electron chi connectivity index (χ2n) is 5.57. The minimum atomic E-state index is -1.33. The first-order chi connectivity index (χ1) is 9.06. The van der Waals surface area contributed by atoms with Gasteiger partial charge in [-0.05, 0) is 12.8 Å². The first-order valence-corrected chi connectivity index (χ1v) is 6.64. The van der Waals surface area contributed by atoms with Gasteiger partial charge in [0, 0.05) is 12.8 Å². The summed E-state index contributed by atoms with van der Waals surface area (Å²) in [5, 5.41) is 2.60. The number of methoxy groups -OCH3 is 1. The molecule has 0 aliphatic heterocycles. The molecule has 1 amide bonds. The summed E-state index contributed by atoms with van der Waals surface area (Å²) in [6, 6.07) is -0.777. The van der Waals surface area contributed by atoms with E-state index in [1.165, 1.54) is 21.0 Å². The molecule has 0 rings (SSSR count). The van der Waals surface area contributed by atoms with Crippen LogP contribution < -0.4 is 5.32 Å². The van der Waals surface area contributed by atoms with Crippen LogP contribution in [0.15, 0.2) is 0 Å². The Morgan fingerprint density at radius 1 is 1.10 bits per heavy atom. The highest BCUT2D eigenvalue weighted by atomic mass is 16.6. The first-order valence-electron chi connectivity index (χ1n) is 6.64. The molecule has 1 N–H and O–H groups in total. The number of hydrogen-bond donors (Lipinski definition) is 1. The molecule has 2 atom stereocenters. The lowest BCUT2D eigenvalue weighted by molar-refractivity contribution is -0.171. The predicted molar refractivity (Wildman–Crippen MR) is 73.8 cm³/mol. The van der Waals surface area contributed by atoms with E-state index in [9.17, 15) is 14.4 Å². The van der Waals surface area contributed by atoms with Gasteiger partial charge in [-0.3, -0.25) is 9.59 Å². The molecule has 0 aromatic rings. The third-order valence-electron chi connectivity index (χ3n) is 3.32. The molecule has 6 heteroatoms. The highest BCUT2D eigenvalue weighted by Gasteiger charge is 2.42. The normalized spacial score (nSPS) is 15.4. The molecule has 6 nitrogen and oxygen atoms in total. The number of hydrogen-bond acceptors (Lipinski definition) is 5. The van der Waals surface area contributed by atoms with Gasteiger partial charge in [0.1, 0.15) is 6.04 Å². The molecule has 0 aromatic carbocycles.